The number of nitrogens with zero attached hydrogens (tertiary/aromatic N) is 2. The van der Waals surface area contributed by atoms with Crippen LogP contribution < -0.4 is 10.6 Å². The number of halogens is 2. The van der Waals surface area contributed by atoms with Gasteiger partial charge in [-0.15, -0.1) is 11.3 Å². The van der Waals surface area contributed by atoms with Gasteiger partial charge in [-0.05, 0) is 48.9 Å². The van der Waals surface area contributed by atoms with Crippen LogP contribution in [-0.4, -0.2) is 21.6 Å². The lowest BCUT2D eigenvalue weighted by Crippen LogP contribution is -2.12. The molecule has 4 rings (SSSR count). The Balaban J connectivity index is 1.58. The van der Waals surface area contributed by atoms with E-state index in [-0.39, 0.29) is 17.4 Å². The van der Waals surface area contributed by atoms with Gasteiger partial charge in [-0.2, -0.15) is 5.10 Å². The molecule has 0 bridgehead atoms. The Morgan fingerprint density at radius 2 is 1.81 bits per heavy atom. The minimum absolute atomic E-state index is 0.00701. The van der Waals surface area contributed by atoms with Gasteiger partial charge in [0.15, 0.2) is 0 Å². The van der Waals surface area contributed by atoms with Crippen molar-refractivity contribution < 1.29 is 18.4 Å². The fraction of sp³-hybridized carbons (Fsp3) is 0.136. The largest absolute Gasteiger partial charge is 0.324 e. The van der Waals surface area contributed by atoms with Gasteiger partial charge in [0.1, 0.15) is 16.5 Å². The van der Waals surface area contributed by atoms with E-state index in [1.807, 2.05) is 6.92 Å². The lowest BCUT2D eigenvalue weighted by Gasteiger charge is -2.08. The second kappa shape index (κ2) is 8.27. The van der Waals surface area contributed by atoms with E-state index in [0.29, 0.717) is 17.1 Å². The van der Waals surface area contributed by atoms with E-state index < -0.39 is 11.7 Å². The molecular formula is C22H18F2N4O2S. The molecule has 0 atom stereocenters. The fourth-order valence-corrected chi connectivity index (χ4v) is 4.23. The van der Waals surface area contributed by atoms with Crippen LogP contribution >= 0.6 is 11.3 Å². The van der Waals surface area contributed by atoms with Crippen molar-refractivity contribution in [3.63, 3.8) is 0 Å². The first kappa shape index (κ1) is 20.7. The lowest BCUT2D eigenvalue weighted by molar-refractivity contribution is -0.114. The van der Waals surface area contributed by atoms with E-state index >= 15 is 0 Å². The smallest absolute Gasteiger partial charge is 0.265 e. The zero-order valence-electron chi connectivity index (χ0n) is 16.7. The van der Waals surface area contributed by atoms with Crippen LogP contribution in [0.1, 0.15) is 27.9 Å². The quantitative estimate of drug-likeness (QED) is 0.461. The first-order valence-electron chi connectivity index (χ1n) is 9.40. The number of benzene rings is 2. The Labute approximate surface area is 180 Å². The summed E-state index contributed by atoms with van der Waals surface area (Å²) in [6, 6.07) is 11.9. The molecule has 0 radical (unpaired) electrons. The molecule has 158 valence electrons. The second-order valence-electron chi connectivity index (χ2n) is 7.03. The Bertz CT molecular complexity index is 1300. The van der Waals surface area contributed by atoms with Gasteiger partial charge < -0.3 is 10.6 Å². The summed E-state index contributed by atoms with van der Waals surface area (Å²) in [5.41, 5.74) is 2.02. The van der Waals surface area contributed by atoms with Crippen LogP contribution in [0.25, 0.3) is 10.2 Å². The van der Waals surface area contributed by atoms with Crippen LogP contribution in [0.2, 0.25) is 0 Å². The standard InChI is InChI=1S/C22H18F2N4O2S/c1-12-17-10-20(21(30)26-16-7-8-18(24)19(9-16)25-13(2)29)31-22(17)28(27-12)11-14-3-5-15(23)6-4-14/h3-10H,11H2,1-2H3,(H,25,29)(H,26,30). The molecule has 0 saturated carbocycles. The molecular weight excluding hydrogens is 422 g/mol. The van der Waals surface area contributed by atoms with E-state index in [2.05, 4.69) is 15.7 Å². The molecule has 0 fully saturated rings. The molecule has 0 saturated heterocycles. The van der Waals surface area contributed by atoms with E-state index in [1.54, 1.807) is 22.9 Å². The zero-order valence-corrected chi connectivity index (χ0v) is 17.5. The van der Waals surface area contributed by atoms with Gasteiger partial charge in [0.05, 0.1) is 22.8 Å². The van der Waals surface area contributed by atoms with Crippen molar-refractivity contribution in [2.75, 3.05) is 10.6 Å². The number of fused-ring (bicyclic) bond motifs is 1. The average Bonchev–Trinajstić information content (AvgIpc) is 3.27. The molecule has 4 aromatic rings. The van der Waals surface area contributed by atoms with E-state index in [1.165, 1.54) is 48.6 Å². The third-order valence-corrected chi connectivity index (χ3v) is 5.76. The Morgan fingerprint density at radius 1 is 1.06 bits per heavy atom. The van der Waals surface area contributed by atoms with Crippen LogP contribution in [-0.2, 0) is 11.3 Å². The minimum atomic E-state index is -0.591. The third-order valence-electron chi connectivity index (χ3n) is 4.61. The summed E-state index contributed by atoms with van der Waals surface area (Å²) in [6.45, 7) is 3.58. The van der Waals surface area contributed by atoms with Crippen LogP contribution in [0, 0.1) is 18.6 Å². The Kier molecular flexibility index (Phi) is 5.51. The van der Waals surface area contributed by atoms with Crippen LogP contribution in [0.15, 0.2) is 48.5 Å². The molecule has 2 heterocycles. The molecule has 2 aromatic heterocycles. The molecule has 0 aliphatic rings. The summed E-state index contributed by atoms with van der Waals surface area (Å²) in [7, 11) is 0. The second-order valence-corrected chi connectivity index (χ2v) is 8.06. The molecule has 2 amide bonds. The predicted octanol–water partition coefficient (Wildman–Crippen LogP) is 4.94. The van der Waals surface area contributed by atoms with Crippen molar-refractivity contribution in [2.24, 2.45) is 0 Å². The Hall–Kier alpha value is -3.59. The fourth-order valence-electron chi connectivity index (χ4n) is 3.18. The van der Waals surface area contributed by atoms with Crippen molar-refractivity contribution >= 4 is 44.7 Å². The highest BCUT2D eigenvalue weighted by Gasteiger charge is 2.17. The highest BCUT2D eigenvalue weighted by molar-refractivity contribution is 7.20. The van der Waals surface area contributed by atoms with Crippen molar-refractivity contribution in [1.29, 1.82) is 0 Å². The molecule has 2 aromatic carbocycles. The maximum atomic E-state index is 13.8. The monoisotopic (exact) mass is 440 g/mol. The number of anilines is 2. The van der Waals surface area contributed by atoms with Crippen LogP contribution in [0.3, 0.4) is 0 Å². The normalized spacial score (nSPS) is 11.0. The summed E-state index contributed by atoms with van der Waals surface area (Å²) in [4.78, 5) is 25.3. The van der Waals surface area contributed by atoms with Gasteiger partial charge in [0, 0.05) is 18.0 Å². The molecule has 0 spiro atoms. The highest BCUT2D eigenvalue weighted by atomic mass is 32.1. The molecule has 0 aliphatic heterocycles. The molecule has 2 N–H and O–H groups in total. The van der Waals surface area contributed by atoms with Crippen molar-refractivity contribution in [2.45, 2.75) is 20.4 Å². The van der Waals surface area contributed by atoms with Crippen molar-refractivity contribution in [1.82, 2.24) is 9.78 Å². The molecule has 6 nitrogen and oxygen atoms in total. The molecule has 0 unspecified atom stereocenters. The van der Waals surface area contributed by atoms with Gasteiger partial charge in [0.25, 0.3) is 5.91 Å². The van der Waals surface area contributed by atoms with Crippen molar-refractivity contribution in [3.8, 4) is 0 Å². The zero-order chi connectivity index (χ0) is 22.1. The maximum Gasteiger partial charge on any atom is 0.265 e. The summed E-state index contributed by atoms with van der Waals surface area (Å²) in [5.74, 6) is -1.66. The number of nitrogens with one attached hydrogen (secondary N) is 2. The van der Waals surface area contributed by atoms with Gasteiger partial charge in [-0.1, -0.05) is 12.1 Å². The summed E-state index contributed by atoms with van der Waals surface area (Å²) >= 11 is 1.28. The number of carbonyl (C=O) groups is 2. The van der Waals surface area contributed by atoms with Crippen LogP contribution in [0.4, 0.5) is 20.2 Å². The van der Waals surface area contributed by atoms with Gasteiger partial charge in [0.2, 0.25) is 5.91 Å². The summed E-state index contributed by atoms with van der Waals surface area (Å²) < 4.78 is 28.8. The van der Waals surface area contributed by atoms with E-state index in [9.17, 15) is 18.4 Å². The summed E-state index contributed by atoms with van der Waals surface area (Å²) in [5, 5.41) is 10.5. The van der Waals surface area contributed by atoms with Crippen molar-refractivity contribution in [3.05, 3.63) is 76.3 Å². The summed E-state index contributed by atoms with van der Waals surface area (Å²) in [6.07, 6.45) is 0. The highest BCUT2D eigenvalue weighted by Crippen LogP contribution is 2.30. The number of hydrogen-bond donors (Lipinski definition) is 2. The SMILES string of the molecule is CC(=O)Nc1cc(NC(=O)c2cc3c(C)nn(Cc4ccc(F)cc4)c3s2)ccc1F. The topological polar surface area (TPSA) is 76.0 Å². The van der Waals surface area contributed by atoms with Gasteiger partial charge in [-0.3, -0.25) is 14.3 Å². The molecule has 31 heavy (non-hydrogen) atoms. The third kappa shape index (κ3) is 4.46. The minimum Gasteiger partial charge on any atom is -0.324 e. The first-order chi connectivity index (χ1) is 14.8. The average molecular weight is 440 g/mol. The maximum absolute atomic E-state index is 13.8. The van der Waals surface area contributed by atoms with Gasteiger partial charge >= 0.3 is 0 Å². The first-order valence-corrected chi connectivity index (χ1v) is 10.2. The predicted molar refractivity (Wildman–Crippen MR) is 117 cm³/mol. The van der Waals surface area contributed by atoms with Crippen LogP contribution in [0.5, 0.6) is 0 Å². The van der Waals surface area contributed by atoms with E-state index in [4.69, 9.17) is 0 Å². The van der Waals surface area contributed by atoms with Gasteiger partial charge in [-0.25, -0.2) is 8.78 Å². The number of aromatic nitrogens is 2. The lowest BCUT2D eigenvalue weighted by atomic mass is 10.2. The number of rotatable bonds is 5. The number of carbonyl (C=O) groups excluding carboxylic acids is 2. The molecule has 9 heteroatoms. The molecule has 0 aliphatic carbocycles. The number of hydrogen-bond acceptors (Lipinski definition) is 4. The Morgan fingerprint density at radius 3 is 2.52 bits per heavy atom. The number of amides is 2. The van der Waals surface area contributed by atoms with E-state index in [0.717, 1.165) is 21.5 Å². The number of aryl methyl sites for hydroxylation is 1. The number of thiophene rings is 1.